The molecule has 1 aromatic rings. The second-order valence-corrected chi connectivity index (χ2v) is 5.75. The van der Waals surface area contributed by atoms with Crippen LogP contribution in [0.3, 0.4) is 0 Å². The Morgan fingerprint density at radius 3 is 2.79 bits per heavy atom. The first-order valence-electron chi connectivity index (χ1n) is 8.40. The van der Waals surface area contributed by atoms with Crippen LogP contribution in [0.25, 0.3) is 5.76 Å². The summed E-state index contributed by atoms with van der Waals surface area (Å²) in [4.78, 5) is 0. The van der Waals surface area contributed by atoms with Crippen LogP contribution in [-0.2, 0) is 4.74 Å². The van der Waals surface area contributed by atoms with E-state index in [0.29, 0.717) is 29.4 Å². The summed E-state index contributed by atoms with van der Waals surface area (Å²) in [7, 11) is 0. The van der Waals surface area contributed by atoms with E-state index in [-0.39, 0.29) is 25.6 Å². The van der Waals surface area contributed by atoms with Gasteiger partial charge in [-0.15, -0.1) is 0 Å². The van der Waals surface area contributed by atoms with Gasteiger partial charge in [0, 0.05) is 0 Å². The highest BCUT2D eigenvalue weighted by atomic mass is 16.6. The van der Waals surface area contributed by atoms with E-state index < -0.39 is 6.10 Å². The summed E-state index contributed by atoms with van der Waals surface area (Å²) >= 11 is 0. The average molecular weight is 338 g/mol. The van der Waals surface area contributed by atoms with E-state index in [9.17, 15) is 10.2 Å². The molecule has 0 saturated heterocycles. The van der Waals surface area contributed by atoms with E-state index in [1.807, 2.05) is 0 Å². The largest absolute Gasteiger partial charge is 0.504 e. The molecule has 1 aliphatic heterocycles. The summed E-state index contributed by atoms with van der Waals surface area (Å²) in [5, 5.41) is 28.6. The molecule has 0 radical (unpaired) electrons. The van der Waals surface area contributed by atoms with Crippen LogP contribution < -0.4 is 9.47 Å². The summed E-state index contributed by atoms with van der Waals surface area (Å²) in [6, 6.07) is 5.13. The van der Waals surface area contributed by atoms with Crippen molar-refractivity contribution in [1.82, 2.24) is 0 Å². The van der Waals surface area contributed by atoms with Crippen molar-refractivity contribution in [3.63, 3.8) is 0 Å². The molecule has 1 aliphatic rings. The van der Waals surface area contributed by atoms with Crippen LogP contribution in [0.2, 0.25) is 0 Å². The highest BCUT2D eigenvalue weighted by molar-refractivity contribution is 5.71. The van der Waals surface area contributed by atoms with Crippen molar-refractivity contribution in [3.8, 4) is 11.5 Å². The minimum absolute atomic E-state index is 0.0540. The maximum absolute atomic E-state index is 10.4. The van der Waals surface area contributed by atoms with Crippen LogP contribution in [-0.4, -0.2) is 47.9 Å². The fourth-order valence-electron chi connectivity index (χ4n) is 2.39. The normalized spacial score (nSPS) is 14.8. The molecule has 0 aliphatic carbocycles. The molecule has 1 aromatic carbocycles. The molecule has 6 heteroatoms. The Morgan fingerprint density at radius 2 is 2.04 bits per heavy atom. The second kappa shape index (κ2) is 9.39. The molecule has 134 valence electrons. The third-order valence-corrected chi connectivity index (χ3v) is 3.76. The third kappa shape index (κ3) is 4.79. The molecule has 0 aromatic heterocycles. The molecular formula is C18H26O6. The molecule has 2 rings (SSSR count). The minimum Gasteiger partial charge on any atom is -0.504 e. The lowest BCUT2D eigenvalue weighted by atomic mass is 10.1. The number of fused-ring (bicyclic) bond motifs is 1. The molecule has 6 nitrogen and oxygen atoms in total. The summed E-state index contributed by atoms with van der Waals surface area (Å²) < 4.78 is 16.8. The predicted octanol–water partition coefficient (Wildman–Crippen LogP) is 2.63. The van der Waals surface area contributed by atoms with Gasteiger partial charge in [-0.3, -0.25) is 0 Å². The molecule has 0 bridgehead atoms. The van der Waals surface area contributed by atoms with Crippen molar-refractivity contribution < 1.29 is 29.5 Å². The van der Waals surface area contributed by atoms with E-state index in [2.05, 4.69) is 6.92 Å². The summed E-state index contributed by atoms with van der Waals surface area (Å²) in [5.74, 6) is 1.30. The van der Waals surface area contributed by atoms with Crippen LogP contribution in [0, 0.1) is 0 Å². The van der Waals surface area contributed by atoms with Gasteiger partial charge in [0.1, 0.15) is 19.3 Å². The van der Waals surface area contributed by atoms with E-state index >= 15 is 0 Å². The zero-order chi connectivity index (χ0) is 17.4. The zero-order valence-corrected chi connectivity index (χ0v) is 14.0. The number of ether oxygens (including phenoxy) is 3. The smallest absolute Gasteiger partial charge is 0.176 e. The van der Waals surface area contributed by atoms with Crippen LogP contribution >= 0.6 is 0 Å². The molecular weight excluding hydrogens is 312 g/mol. The van der Waals surface area contributed by atoms with Gasteiger partial charge in [0.2, 0.25) is 0 Å². The second-order valence-electron chi connectivity index (χ2n) is 5.75. The Bertz CT molecular complexity index is 554. The Morgan fingerprint density at radius 1 is 1.21 bits per heavy atom. The van der Waals surface area contributed by atoms with Gasteiger partial charge >= 0.3 is 0 Å². The third-order valence-electron chi connectivity index (χ3n) is 3.76. The van der Waals surface area contributed by atoms with Gasteiger partial charge in [-0.05, 0) is 18.6 Å². The van der Waals surface area contributed by atoms with Crippen molar-refractivity contribution in [2.24, 2.45) is 0 Å². The molecule has 1 unspecified atom stereocenters. The van der Waals surface area contributed by atoms with Gasteiger partial charge in [0.25, 0.3) is 0 Å². The van der Waals surface area contributed by atoms with E-state index in [4.69, 9.17) is 19.3 Å². The van der Waals surface area contributed by atoms with Crippen molar-refractivity contribution in [2.45, 2.75) is 38.7 Å². The minimum atomic E-state index is -0.962. The van der Waals surface area contributed by atoms with E-state index in [1.54, 1.807) is 18.2 Å². The number of aliphatic hydroxyl groups excluding tert-OH is 3. The maximum atomic E-state index is 10.4. The first-order chi connectivity index (χ1) is 11.7. The lowest BCUT2D eigenvalue weighted by Crippen LogP contribution is -2.22. The standard InChI is InChI=1S/C18H26O6/c1-2-3-4-5-9-22-16-12-24-18-14(17(16)21)7-6-8-15(18)23-11-13(20)10-19/h6-8,13,19-21H,2-5,9-12H2,1H3. The number of aliphatic hydroxyl groups is 3. The Balaban J connectivity index is 2.02. The molecule has 0 amide bonds. The number of benzene rings is 1. The monoisotopic (exact) mass is 338 g/mol. The van der Waals surface area contributed by atoms with Crippen LogP contribution in [0.5, 0.6) is 11.5 Å². The van der Waals surface area contributed by atoms with Crippen LogP contribution in [0.15, 0.2) is 24.0 Å². The number of para-hydroxylation sites is 1. The van der Waals surface area contributed by atoms with Gasteiger partial charge in [-0.2, -0.15) is 0 Å². The Kier molecular flexibility index (Phi) is 7.21. The maximum Gasteiger partial charge on any atom is 0.176 e. The van der Waals surface area contributed by atoms with Crippen molar-refractivity contribution in [2.75, 3.05) is 26.4 Å². The zero-order valence-electron chi connectivity index (χ0n) is 14.0. The number of hydrogen-bond acceptors (Lipinski definition) is 6. The highest BCUT2D eigenvalue weighted by Crippen LogP contribution is 2.39. The molecule has 0 spiro atoms. The molecule has 3 N–H and O–H groups in total. The molecule has 24 heavy (non-hydrogen) atoms. The summed E-state index contributed by atoms with van der Waals surface area (Å²) in [6.07, 6.45) is 3.43. The van der Waals surface area contributed by atoms with E-state index in [0.717, 1.165) is 19.3 Å². The summed E-state index contributed by atoms with van der Waals surface area (Å²) in [6.45, 7) is 2.41. The topological polar surface area (TPSA) is 88.4 Å². The Hall–Kier alpha value is -1.92. The van der Waals surface area contributed by atoms with Crippen LogP contribution in [0.4, 0.5) is 0 Å². The summed E-state index contributed by atoms with van der Waals surface area (Å²) in [5.41, 5.74) is 0.501. The van der Waals surface area contributed by atoms with Gasteiger partial charge in [0.05, 0.1) is 18.8 Å². The lowest BCUT2D eigenvalue weighted by Gasteiger charge is -2.23. The van der Waals surface area contributed by atoms with Gasteiger partial charge < -0.3 is 29.5 Å². The number of hydrogen-bond donors (Lipinski definition) is 3. The number of unbranched alkanes of at least 4 members (excludes halogenated alkanes) is 3. The van der Waals surface area contributed by atoms with Crippen molar-refractivity contribution >= 4 is 5.76 Å². The first-order valence-corrected chi connectivity index (χ1v) is 8.40. The Labute approximate surface area is 142 Å². The highest BCUT2D eigenvalue weighted by Gasteiger charge is 2.24. The molecule has 1 atom stereocenters. The number of rotatable bonds is 10. The molecule has 0 fully saturated rings. The molecule has 0 saturated carbocycles. The fourth-order valence-corrected chi connectivity index (χ4v) is 2.39. The molecule has 1 heterocycles. The van der Waals surface area contributed by atoms with E-state index in [1.165, 1.54) is 6.42 Å². The van der Waals surface area contributed by atoms with Gasteiger partial charge in [-0.1, -0.05) is 32.3 Å². The SMILES string of the molecule is CCCCCCOC1=C(O)c2cccc(OCC(O)CO)c2OC1. The van der Waals surface area contributed by atoms with Gasteiger partial charge in [0.15, 0.2) is 23.0 Å². The fraction of sp³-hybridized carbons (Fsp3) is 0.556. The van der Waals surface area contributed by atoms with Crippen molar-refractivity contribution in [1.29, 1.82) is 0 Å². The predicted molar refractivity (Wildman–Crippen MR) is 90.2 cm³/mol. The van der Waals surface area contributed by atoms with Gasteiger partial charge in [-0.25, -0.2) is 0 Å². The first kappa shape index (κ1) is 18.4. The van der Waals surface area contributed by atoms with Crippen molar-refractivity contribution in [3.05, 3.63) is 29.5 Å². The average Bonchev–Trinajstić information content (AvgIpc) is 2.61. The lowest BCUT2D eigenvalue weighted by molar-refractivity contribution is 0.0521. The quantitative estimate of drug-likeness (QED) is 0.568. The van der Waals surface area contributed by atoms with Crippen LogP contribution in [0.1, 0.15) is 38.2 Å².